The third-order valence-corrected chi connectivity index (χ3v) is 3.72. The summed E-state index contributed by atoms with van der Waals surface area (Å²) in [6.07, 6.45) is -5.52. The molecule has 1 aliphatic heterocycles. The Labute approximate surface area is 133 Å². The standard InChI is InChI=1S/C10H14N3O10P/c11-7-3(9(16)17)1-13(10(18)12-7)8-6(15)5(14)4(23-8)2-22-24(19,20)21/h1,4-6,8,14-15H,2H2,(H,16,17)(H2,11,12,18)(H2,19,20,21)/t4-,5-,6-,8-/m1/s1. The van der Waals surface area contributed by atoms with Crippen molar-refractivity contribution in [2.75, 3.05) is 12.3 Å². The molecule has 2 rings (SSSR count). The smallest absolute Gasteiger partial charge is 0.469 e. The third-order valence-electron chi connectivity index (χ3n) is 3.23. The Morgan fingerprint density at radius 2 is 2.04 bits per heavy atom. The van der Waals surface area contributed by atoms with Gasteiger partial charge in [-0.05, 0) is 0 Å². The first kappa shape index (κ1) is 18.5. The van der Waals surface area contributed by atoms with E-state index in [1.165, 1.54) is 0 Å². The molecule has 14 heteroatoms. The van der Waals surface area contributed by atoms with Gasteiger partial charge in [0.05, 0.1) is 6.61 Å². The first-order valence-corrected chi connectivity index (χ1v) is 7.88. The highest BCUT2D eigenvalue weighted by atomic mass is 31.2. The highest BCUT2D eigenvalue weighted by molar-refractivity contribution is 7.46. The van der Waals surface area contributed by atoms with Crippen LogP contribution in [0.15, 0.2) is 11.0 Å². The lowest BCUT2D eigenvalue weighted by molar-refractivity contribution is -0.0543. The molecule has 1 aromatic rings. The van der Waals surface area contributed by atoms with Crippen molar-refractivity contribution in [2.24, 2.45) is 0 Å². The van der Waals surface area contributed by atoms with Crippen molar-refractivity contribution in [3.05, 3.63) is 22.2 Å². The van der Waals surface area contributed by atoms with Gasteiger partial charge in [0.1, 0.15) is 29.7 Å². The number of aliphatic hydroxyl groups is 2. The summed E-state index contributed by atoms with van der Waals surface area (Å²) in [7, 11) is -4.84. The molecular weight excluding hydrogens is 353 g/mol. The van der Waals surface area contributed by atoms with Crippen molar-refractivity contribution in [2.45, 2.75) is 24.5 Å². The molecule has 0 aliphatic carbocycles. The number of carboxylic acid groups (broad SMARTS) is 1. The molecular formula is C10H14N3O10P. The average Bonchev–Trinajstić information content (AvgIpc) is 2.72. The molecule has 0 aromatic carbocycles. The molecule has 0 spiro atoms. The van der Waals surface area contributed by atoms with Gasteiger partial charge in [-0.1, -0.05) is 0 Å². The van der Waals surface area contributed by atoms with Gasteiger partial charge in [0, 0.05) is 6.20 Å². The fourth-order valence-corrected chi connectivity index (χ4v) is 2.44. The van der Waals surface area contributed by atoms with Gasteiger partial charge >= 0.3 is 19.5 Å². The molecule has 1 aromatic heterocycles. The van der Waals surface area contributed by atoms with Crippen molar-refractivity contribution in [1.29, 1.82) is 0 Å². The number of hydrogen-bond donors (Lipinski definition) is 6. The van der Waals surface area contributed by atoms with Crippen LogP contribution in [0.1, 0.15) is 16.6 Å². The Morgan fingerprint density at radius 3 is 2.58 bits per heavy atom. The number of carbonyl (C=O) groups is 1. The van der Waals surface area contributed by atoms with E-state index >= 15 is 0 Å². The molecule has 0 unspecified atom stereocenters. The molecule has 13 nitrogen and oxygen atoms in total. The summed E-state index contributed by atoms with van der Waals surface area (Å²) in [6.45, 7) is -0.776. The van der Waals surface area contributed by atoms with Crippen LogP contribution in [0.4, 0.5) is 5.82 Å². The van der Waals surface area contributed by atoms with E-state index in [0.717, 1.165) is 6.20 Å². The van der Waals surface area contributed by atoms with E-state index in [2.05, 4.69) is 9.51 Å². The molecule has 0 radical (unpaired) electrons. The Hall–Kier alpha value is -1.86. The summed E-state index contributed by atoms with van der Waals surface area (Å²) in [5.41, 5.74) is 3.73. The van der Waals surface area contributed by atoms with Gasteiger partial charge < -0.3 is 35.6 Å². The van der Waals surface area contributed by atoms with Crippen LogP contribution in [-0.2, 0) is 13.8 Å². The average molecular weight is 367 g/mol. The van der Waals surface area contributed by atoms with Gasteiger partial charge in [0.15, 0.2) is 6.23 Å². The number of nitrogens with zero attached hydrogens (tertiary/aromatic N) is 2. The zero-order chi connectivity index (χ0) is 18.2. The Morgan fingerprint density at radius 1 is 1.42 bits per heavy atom. The van der Waals surface area contributed by atoms with Crippen LogP contribution in [0.2, 0.25) is 0 Å². The number of phosphoric ester groups is 1. The van der Waals surface area contributed by atoms with Gasteiger partial charge in [-0.15, -0.1) is 0 Å². The SMILES string of the molecule is Nc1nc(=O)n([C@@H]2O[C@H](COP(=O)(O)O)[C@@H](O)[C@H]2O)cc1C(=O)O. The van der Waals surface area contributed by atoms with Crippen LogP contribution in [0.5, 0.6) is 0 Å². The second-order valence-corrected chi connectivity index (χ2v) is 6.11. The zero-order valence-electron chi connectivity index (χ0n) is 11.8. The molecule has 2 heterocycles. The number of hydrogen-bond acceptors (Lipinski definition) is 9. The number of anilines is 1. The normalized spacial score (nSPS) is 27.3. The van der Waals surface area contributed by atoms with Crippen molar-refractivity contribution in [3.8, 4) is 0 Å². The maximum Gasteiger partial charge on any atom is 0.469 e. The quantitative estimate of drug-likeness (QED) is 0.292. The predicted molar refractivity (Wildman–Crippen MR) is 73.8 cm³/mol. The first-order valence-electron chi connectivity index (χ1n) is 6.35. The van der Waals surface area contributed by atoms with Crippen molar-refractivity contribution in [1.82, 2.24) is 9.55 Å². The van der Waals surface area contributed by atoms with E-state index in [4.69, 9.17) is 25.4 Å². The van der Waals surface area contributed by atoms with Crippen molar-refractivity contribution >= 4 is 19.6 Å². The van der Waals surface area contributed by atoms with Crippen LogP contribution < -0.4 is 11.4 Å². The van der Waals surface area contributed by atoms with Crippen LogP contribution >= 0.6 is 7.82 Å². The number of carboxylic acids is 1. The summed E-state index contributed by atoms with van der Waals surface area (Å²) in [6, 6.07) is 0. The van der Waals surface area contributed by atoms with Crippen LogP contribution in [0.3, 0.4) is 0 Å². The minimum absolute atomic E-state index is 0.533. The van der Waals surface area contributed by atoms with Gasteiger partial charge in [-0.2, -0.15) is 4.98 Å². The molecule has 1 saturated heterocycles. The third kappa shape index (κ3) is 3.79. The Kier molecular flexibility index (Phi) is 5.05. The van der Waals surface area contributed by atoms with Gasteiger partial charge in [-0.3, -0.25) is 9.09 Å². The fraction of sp³-hybridized carbons (Fsp3) is 0.500. The molecule has 0 saturated carbocycles. The highest BCUT2D eigenvalue weighted by Crippen LogP contribution is 2.38. The lowest BCUT2D eigenvalue weighted by atomic mass is 10.1. The largest absolute Gasteiger partial charge is 0.478 e. The van der Waals surface area contributed by atoms with Gasteiger partial charge in [-0.25, -0.2) is 14.2 Å². The molecule has 0 bridgehead atoms. The molecule has 0 amide bonds. The second-order valence-electron chi connectivity index (χ2n) is 4.87. The van der Waals surface area contributed by atoms with E-state index in [-0.39, 0.29) is 0 Å². The summed E-state index contributed by atoms with van der Waals surface area (Å²) in [5.74, 6) is -2.03. The maximum absolute atomic E-state index is 11.8. The molecule has 24 heavy (non-hydrogen) atoms. The van der Waals surface area contributed by atoms with Crippen LogP contribution in [0, 0.1) is 0 Å². The number of nitrogen functional groups attached to an aromatic ring is 1. The number of aliphatic hydroxyl groups excluding tert-OH is 2. The number of phosphoric acid groups is 1. The number of rotatable bonds is 5. The Bertz CT molecular complexity index is 745. The molecule has 1 fully saturated rings. The number of nitrogens with two attached hydrogens (primary N) is 1. The summed E-state index contributed by atoms with van der Waals surface area (Å²) >= 11 is 0. The van der Waals surface area contributed by atoms with Gasteiger partial charge in [0.25, 0.3) is 0 Å². The number of aromatic carboxylic acids is 1. The van der Waals surface area contributed by atoms with E-state index < -0.39 is 62.0 Å². The van der Waals surface area contributed by atoms with E-state index in [9.17, 15) is 24.4 Å². The molecule has 7 N–H and O–H groups in total. The van der Waals surface area contributed by atoms with Crippen LogP contribution in [-0.4, -0.2) is 65.5 Å². The van der Waals surface area contributed by atoms with Crippen molar-refractivity contribution < 1.29 is 43.7 Å². The number of aromatic nitrogens is 2. The maximum atomic E-state index is 11.8. The minimum atomic E-state index is -4.84. The van der Waals surface area contributed by atoms with E-state index in [1.807, 2.05) is 0 Å². The van der Waals surface area contributed by atoms with E-state index in [0.29, 0.717) is 4.57 Å². The van der Waals surface area contributed by atoms with Crippen molar-refractivity contribution in [3.63, 3.8) is 0 Å². The topological polar surface area (TPSA) is 215 Å². The highest BCUT2D eigenvalue weighted by Gasteiger charge is 2.45. The predicted octanol–water partition coefficient (Wildman–Crippen LogP) is -2.75. The van der Waals surface area contributed by atoms with E-state index in [1.54, 1.807) is 0 Å². The minimum Gasteiger partial charge on any atom is -0.478 e. The second kappa shape index (κ2) is 6.57. The monoisotopic (exact) mass is 367 g/mol. The molecule has 4 atom stereocenters. The van der Waals surface area contributed by atoms with Crippen LogP contribution in [0.25, 0.3) is 0 Å². The summed E-state index contributed by atoms with van der Waals surface area (Å²) in [5, 5.41) is 28.7. The Balaban J connectivity index is 2.30. The first-order chi connectivity index (χ1) is 11.0. The zero-order valence-corrected chi connectivity index (χ0v) is 12.7. The molecule has 1 aliphatic rings. The molecule has 134 valence electrons. The lowest BCUT2D eigenvalue weighted by Gasteiger charge is -2.18. The summed E-state index contributed by atoms with van der Waals surface area (Å²) < 4.78 is 20.6. The lowest BCUT2D eigenvalue weighted by Crippen LogP contribution is -2.36. The van der Waals surface area contributed by atoms with Gasteiger partial charge in [0.2, 0.25) is 0 Å². The fourth-order valence-electron chi connectivity index (χ4n) is 2.10. The number of ether oxygens (including phenoxy) is 1. The summed E-state index contributed by atoms with van der Waals surface area (Å²) in [4.78, 5) is 43.4.